The van der Waals surface area contributed by atoms with Crippen LogP contribution in [0.15, 0.2) is 96.2 Å². The highest BCUT2D eigenvalue weighted by Gasteiger charge is 2.20. The maximum absolute atomic E-state index is 11.6. The molecule has 4 N–H and O–H groups in total. The zero-order valence-electron chi connectivity index (χ0n) is 19.7. The number of para-hydroxylation sites is 3. The summed E-state index contributed by atoms with van der Waals surface area (Å²) in [7, 11) is 0. The van der Waals surface area contributed by atoms with E-state index in [1.54, 1.807) is 0 Å². The summed E-state index contributed by atoms with van der Waals surface area (Å²) in [6.45, 7) is 2.06. The molecule has 1 aliphatic heterocycles. The SMILES string of the molecule is CC(=O)Nc1ccccc1C1C=CC(n2c(=N)n(Cc3cccc4[nH]ccc34)c3ccccc32)=NN1. The molecule has 3 heterocycles. The minimum Gasteiger partial charge on any atom is -0.361 e. The van der Waals surface area contributed by atoms with Crippen molar-refractivity contribution in [2.75, 3.05) is 5.32 Å². The smallest absolute Gasteiger partial charge is 0.221 e. The number of anilines is 1. The number of aromatic amines is 1. The molecule has 1 aliphatic rings. The fraction of sp³-hybridized carbons (Fsp3) is 0.107. The molecule has 0 spiro atoms. The normalized spacial score (nSPS) is 15.1. The lowest BCUT2D eigenvalue weighted by Crippen LogP contribution is -2.32. The van der Waals surface area contributed by atoms with Crippen LogP contribution in [-0.2, 0) is 11.3 Å². The first-order valence-electron chi connectivity index (χ1n) is 11.8. The van der Waals surface area contributed by atoms with Gasteiger partial charge < -0.3 is 14.9 Å². The van der Waals surface area contributed by atoms with Gasteiger partial charge in [0.05, 0.1) is 23.6 Å². The molecule has 36 heavy (non-hydrogen) atoms. The number of hydrogen-bond acceptors (Lipinski definition) is 4. The molecule has 1 amide bonds. The van der Waals surface area contributed by atoms with Crippen molar-refractivity contribution in [3.8, 4) is 0 Å². The number of hydrogen-bond donors (Lipinski definition) is 4. The first-order valence-corrected chi connectivity index (χ1v) is 11.8. The summed E-state index contributed by atoms with van der Waals surface area (Å²) in [5.41, 5.74) is 9.30. The van der Waals surface area contributed by atoms with Gasteiger partial charge >= 0.3 is 0 Å². The molecule has 0 aliphatic carbocycles. The van der Waals surface area contributed by atoms with Crippen molar-refractivity contribution < 1.29 is 4.79 Å². The Morgan fingerprint density at radius 3 is 2.64 bits per heavy atom. The molecule has 8 heteroatoms. The maximum Gasteiger partial charge on any atom is 0.221 e. The Morgan fingerprint density at radius 1 is 1.03 bits per heavy atom. The van der Waals surface area contributed by atoms with Gasteiger partial charge in [-0.3, -0.25) is 20.2 Å². The van der Waals surface area contributed by atoms with Gasteiger partial charge in [0.25, 0.3) is 0 Å². The van der Waals surface area contributed by atoms with Crippen LogP contribution >= 0.6 is 0 Å². The van der Waals surface area contributed by atoms with E-state index in [-0.39, 0.29) is 11.9 Å². The van der Waals surface area contributed by atoms with Gasteiger partial charge in [-0.15, -0.1) is 0 Å². The van der Waals surface area contributed by atoms with Gasteiger partial charge in [0.15, 0.2) is 5.84 Å². The van der Waals surface area contributed by atoms with Crippen molar-refractivity contribution in [2.45, 2.75) is 19.5 Å². The summed E-state index contributed by atoms with van der Waals surface area (Å²) in [6.07, 6.45) is 5.87. The Bertz CT molecular complexity index is 1730. The number of carbonyl (C=O) groups is 1. The predicted molar refractivity (Wildman–Crippen MR) is 142 cm³/mol. The molecule has 1 atom stereocenters. The van der Waals surface area contributed by atoms with Crippen LogP contribution in [0.5, 0.6) is 0 Å². The second kappa shape index (κ2) is 8.74. The number of rotatable bonds is 4. The highest BCUT2D eigenvalue weighted by atomic mass is 16.1. The Balaban J connectivity index is 1.37. The lowest BCUT2D eigenvalue weighted by atomic mass is 10.0. The number of amides is 1. The minimum absolute atomic E-state index is 0.121. The predicted octanol–water partition coefficient (Wildman–Crippen LogP) is 4.47. The van der Waals surface area contributed by atoms with Crippen molar-refractivity contribution in [1.29, 1.82) is 5.41 Å². The number of hydrazone groups is 1. The van der Waals surface area contributed by atoms with E-state index in [9.17, 15) is 4.79 Å². The van der Waals surface area contributed by atoms with E-state index in [1.807, 2.05) is 82.1 Å². The molecule has 0 bridgehead atoms. The number of fused-ring (bicyclic) bond motifs is 2. The molecular formula is C28H25N7O. The summed E-state index contributed by atoms with van der Waals surface area (Å²) in [5, 5.41) is 17.8. The maximum atomic E-state index is 11.6. The Morgan fingerprint density at radius 2 is 1.83 bits per heavy atom. The molecule has 3 aromatic carbocycles. The quantitative estimate of drug-likeness (QED) is 0.308. The Labute approximate surface area is 207 Å². The largest absolute Gasteiger partial charge is 0.361 e. The zero-order chi connectivity index (χ0) is 24.6. The topological polar surface area (TPSA) is 103 Å². The monoisotopic (exact) mass is 475 g/mol. The number of imidazole rings is 1. The Hall–Kier alpha value is -4.85. The van der Waals surface area contributed by atoms with Crippen molar-refractivity contribution in [2.24, 2.45) is 5.10 Å². The molecule has 178 valence electrons. The van der Waals surface area contributed by atoms with Crippen molar-refractivity contribution in [3.05, 3.63) is 108 Å². The van der Waals surface area contributed by atoms with Crippen LogP contribution in [0, 0.1) is 5.41 Å². The number of nitrogens with zero attached hydrogens (tertiary/aromatic N) is 3. The van der Waals surface area contributed by atoms with Gasteiger partial charge in [0.1, 0.15) is 0 Å². The summed E-state index contributed by atoms with van der Waals surface area (Å²) in [4.78, 5) is 14.9. The number of nitrogens with one attached hydrogen (secondary N) is 4. The number of allylic oxidation sites excluding steroid dienone is 1. The van der Waals surface area contributed by atoms with Crippen molar-refractivity contribution >= 4 is 39.4 Å². The average Bonchev–Trinajstić information content (AvgIpc) is 3.48. The van der Waals surface area contributed by atoms with Gasteiger partial charge in [-0.25, -0.2) is 0 Å². The number of carbonyl (C=O) groups excluding carboxylic acids is 1. The van der Waals surface area contributed by atoms with Gasteiger partial charge in [-0.1, -0.05) is 48.5 Å². The minimum atomic E-state index is -0.203. The molecule has 8 nitrogen and oxygen atoms in total. The molecule has 5 aromatic rings. The molecule has 0 saturated heterocycles. The second-order valence-electron chi connectivity index (χ2n) is 8.79. The van der Waals surface area contributed by atoms with E-state index in [4.69, 9.17) is 5.41 Å². The lowest BCUT2D eigenvalue weighted by Gasteiger charge is -2.21. The standard InChI is InChI=1S/C28H25N7O/c1-18(36)31-23-9-3-2-8-21(23)24-13-14-27(33-32-24)35-26-12-5-4-11-25(26)34(28(35)29)17-19-7-6-10-22-20(19)15-16-30-22/h2-16,24,29-30,32H,17H2,1H3,(H,31,36). The van der Waals surface area contributed by atoms with E-state index in [0.717, 1.165) is 38.8 Å². The van der Waals surface area contributed by atoms with Crippen LogP contribution in [0.2, 0.25) is 0 Å². The lowest BCUT2D eigenvalue weighted by molar-refractivity contribution is -0.114. The third-order valence-electron chi connectivity index (χ3n) is 6.49. The number of H-pyrrole nitrogens is 1. The van der Waals surface area contributed by atoms with E-state index >= 15 is 0 Å². The van der Waals surface area contributed by atoms with Crippen LogP contribution in [0.25, 0.3) is 21.9 Å². The summed E-state index contributed by atoms with van der Waals surface area (Å²) < 4.78 is 3.86. The first-order chi connectivity index (χ1) is 17.6. The van der Waals surface area contributed by atoms with E-state index in [1.165, 1.54) is 6.92 Å². The summed E-state index contributed by atoms with van der Waals surface area (Å²) in [5.74, 6) is 0.507. The Kier molecular flexibility index (Phi) is 5.26. The van der Waals surface area contributed by atoms with Crippen LogP contribution in [0.3, 0.4) is 0 Å². The molecule has 6 rings (SSSR count). The molecular weight excluding hydrogens is 450 g/mol. The zero-order valence-corrected chi connectivity index (χ0v) is 19.7. The molecule has 2 aromatic heterocycles. The third-order valence-corrected chi connectivity index (χ3v) is 6.49. The van der Waals surface area contributed by atoms with Crippen LogP contribution in [0.1, 0.15) is 24.1 Å². The highest BCUT2D eigenvalue weighted by Crippen LogP contribution is 2.26. The highest BCUT2D eigenvalue weighted by molar-refractivity contribution is 6.01. The summed E-state index contributed by atoms with van der Waals surface area (Å²) >= 11 is 0. The fourth-order valence-corrected chi connectivity index (χ4v) is 4.85. The molecule has 1 unspecified atom stereocenters. The third kappa shape index (κ3) is 3.69. The van der Waals surface area contributed by atoms with Crippen LogP contribution in [0.4, 0.5) is 5.69 Å². The number of aromatic nitrogens is 3. The van der Waals surface area contributed by atoms with E-state index in [0.29, 0.717) is 18.0 Å². The van der Waals surface area contributed by atoms with Gasteiger partial charge in [0, 0.05) is 35.3 Å². The van der Waals surface area contributed by atoms with E-state index in [2.05, 4.69) is 39.0 Å². The molecule has 0 radical (unpaired) electrons. The summed E-state index contributed by atoms with van der Waals surface area (Å²) in [6, 6.07) is 23.7. The second-order valence-corrected chi connectivity index (χ2v) is 8.79. The number of benzene rings is 3. The van der Waals surface area contributed by atoms with Crippen LogP contribution in [-0.4, -0.2) is 25.9 Å². The fourth-order valence-electron chi connectivity index (χ4n) is 4.85. The average molecular weight is 476 g/mol. The van der Waals surface area contributed by atoms with Gasteiger partial charge in [-0.2, -0.15) is 5.10 Å². The molecule has 0 saturated carbocycles. The first kappa shape index (κ1) is 21.7. The van der Waals surface area contributed by atoms with Gasteiger partial charge in [0.2, 0.25) is 11.5 Å². The van der Waals surface area contributed by atoms with Crippen molar-refractivity contribution in [1.82, 2.24) is 19.5 Å². The van der Waals surface area contributed by atoms with Crippen LogP contribution < -0.4 is 16.4 Å². The molecule has 0 fully saturated rings. The van der Waals surface area contributed by atoms with E-state index < -0.39 is 0 Å². The van der Waals surface area contributed by atoms with Gasteiger partial charge in [-0.05, 0) is 42.0 Å². The van der Waals surface area contributed by atoms with Crippen molar-refractivity contribution in [3.63, 3.8) is 0 Å².